The molecule has 0 aliphatic rings. The molecule has 11 heavy (non-hydrogen) atoms. The van der Waals surface area contributed by atoms with Gasteiger partial charge in [0.25, 0.3) is 5.89 Å². The highest BCUT2D eigenvalue weighted by molar-refractivity contribution is 4.82. The fraction of sp³-hybridized carbons (Fsp3) is 0.667. The van der Waals surface area contributed by atoms with E-state index in [4.69, 9.17) is 0 Å². The van der Waals surface area contributed by atoms with E-state index in [0.29, 0.717) is 0 Å². The van der Waals surface area contributed by atoms with Crippen molar-refractivity contribution in [1.82, 2.24) is 10.1 Å². The van der Waals surface area contributed by atoms with E-state index in [1.807, 2.05) is 13.8 Å². The van der Waals surface area contributed by atoms with Crippen molar-refractivity contribution in [3.05, 3.63) is 11.7 Å². The number of hydrogen-bond donors (Lipinski definition) is 0. The molecule has 0 aliphatic heterocycles. The third-order valence-electron chi connectivity index (χ3n) is 0.730. The lowest BCUT2D eigenvalue weighted by molar-refractivity contribution is 0.106. The number of alkyl halides is 2. The lowest BCUT2D eigenvalue weighted by Crippen LogP contribution is -1.81. The summed E-state index contributed by atoms with van der Waals surface area (Å²) < 4.78 is 27.3. The molecule has 1 aromatic rings. The number of aromatic nitrogens is 2. The minimum absolute atomic E-state index is 0.227. The van der Waals surface area contributed by atoms with E-state index < -0.39 is 12.3 Å². The maximum atomic E-state index is 11.6. The zero-order valence-electron chi connectivity index (χ0n) is 6.64. The maximum Gasteiger partial charge on any atom is 0.315 e. The molecule has 0 amide bonds. The van der Waals surface area contributed by atoms with Crippen LogP contribution in [0.3, 0.4) is 0 Å². The Kier molecular flexibility index (Phi) is 4.33. The zero-order valence-corrected chi connectivity index (χ0v) is 6.64. The van der Waals surface area contributed by atoms with E-state index in [9.17, 15) is 8.78 Å². The van der Waals surface area contributed by atoms with Crippen LogP contribution >= 0.6 is 0 Å². The summed E-state index contributed by atoms with van der Waals surface area (Å²) in [6.45, 7) is 5.48. The van der Waals surface area contributed by atoms with Crippen LogP contribution < -0.4 is 0 Å². The van der Waals surface area contributed by atoms with Gasteiger partial charge in [0.1, 0.15) is 0 Å². The molecule has 1 aromatic heterocycles. The normalized spacial score (nSPS) is 9.27. The molecular weight excluding hydrogens is 154 g/mol. The molecule has 1 rings (SSSR count). The van der Waals surface area contributed by atoms with E-state index in [1.54, 1.807) is 0 Å². The highest BCUT2D eigenvalue weighted by Crippen LogP contribution is 2.14. The van der Waals surface area contributed by atoms with Gasteiger partial charge in [-0.3, -0.25) is 0 Å². The summed E-state index contributed by atoms with van der Waals surface area (Å²) in [4.78, 5) is 3.28. The van der Waals surface area contributed by atoms with Crippen LogP contribution in [0.5, 0.6) is 0 Å². The molecule has 0 saturated heterocycles. The predicted octanol–water partition coefficient (Wildman–Crippen LogP) is 2.34. The van der Waals surface area contributed by atoms with Crippen LogP contribution in [0.1, 0.15) is 32.0 Å². The standard InChI is InChI=1S/C4H4F2N2O.C2H6/c1-2-7-4(3(5)6)9-8-2;1-2/h3H,1H3;1-2H3. The van der Waals surface area contributed by atoms with Crippen LogP contribution in [0.2, 0.25) is 0 Å². The SMILES string of the molecule is CC.Cc1noc(C(F)F)n1. The Labute approximate surface area is 63.4 Å². The maximum absolute atomic E-state index is 11.6. The average Bonchev–Trinajstić information content (AvgIpc) is 2.40. The first-order valence-electron chi connectivity index (χ1n) is 3.28. The van der Waals surface area contributed by atoms with Crippen molar-refractivity contribution in [2.75, 3.05) is 0 Å². The molecule has 0 saturated carbocycles. The van der Waals surface area contributed by atoms with Gasteiger partial charge in [0, 0.05) is 0 Å². The Morgan fingerprint density at radius 3 is 2.09 bits per heavy atom. The summed E-state index contributed by atoms with van der Waals surface area (Å²) >= 11 is 0. The minimum atomic E-state index is -2.66. The number of aryl methyl sites for hydroxylation is 1. The van der Waals surface area contributed by atoms with Crippen molar-refractivity contribution >= 4 is 0 Å². The van der Waals surface area contributed by atoms with Gasteiger partial charge in [-0.05, 0) is 6.92 Å². The molecule has 0 spiro atoms. The van der Waals surface area contributed by atoms with E-state index in [1.165, 1.54) is 6.92 Å². The first-order valence-corrected chi connectivity index (χ1v) is 3.28. The molecule has 0 atom stereocenters. The van der Waals surface area contributed by atoms with Gasteiger partial charge in [-0.1, -0.05) is 19.0 Å². The molecule has 0 fully saturated rings. The quantitative estimate of drug-likeness (QED) is 0.639. The number of halogens is 2. The second-order valence-electron chi connectivity index (χ2n) is 1.48. The van der Waals surface area contributed by atoms with Crippen LogP contribution in [-0.4, -0.2) is 10.1 Å². The predicted molar refractivity (Wildman–Crippen MR) is 35.3 cm³/mol. The van der Waals surface area contributed by atoms with E-state index in [2.05, 4.69) is 14.7 Å². The van der Waals surface area contributed by atoms with Gasteiger partial charge in [-0.25, -0.2) is 0 Å². The molecule has 0 aliphatic carbocycles. The van der Waals surface area contributed by atoms with Gasteiger partial charge in [0.05, 0.1) is 0 Å². The molecule has 64 valence electrons. The van der Waals surface area contributed by atoms with Gasteiger partial charge in [0.2, 0.25) is 0 Å². The average molecular weight is 164 g/mol. The molecule has 5 heteroatoms. The van der Waals surface area contributed by atoms with Crippen molar-refractivity contribution in [1.29, 1.82) is 0 Å². The Morgan fingerprint density at radius 1 is 1.36 bits per heavy atom. The van der Waals surface area contributed by atoms with E-state index in [-0.39, 0.29) is 5.82 Å². The molecule has 0 bridgehead atoms. The molecule has 3 nitrogen and oxygen atoms in total. The number of hydrogen-bond acceptors (Lipinski definition) is 3. The second-order valence-corrected chi connectivity index (χ2v) is 1.48. The topological polar surface area (TPSA) is 38.9 Å². The highest BCUT2D eigenvalue weighted by atomic mass is 19.3. The lowest BCUT2D eigenvalue weighted by Gasteiger charge is -1.83. The van der Waals surface area contributed by atoms with Crippen molar-refractivity contribution in [3.8, 4) is 0 Å². The van der Waals surface area contributed by atoms with Gasteiger partial charge in [-0.2, -0.15) is 13.8 Å². The van der Waals surface area contributed by atoms with Crippen LogP contribution in [0.25, 0.3) is 0 Å². The Morgan fingerprint density at radius 2 is 1.91 bits per heavy atom. The van der Waals surface area contributed by atoms with Gasteiger partial charge < -0.3 is 4.52 Å². The van der Waals surface area contributed by atoms with Crippen LogP contribution in [0, 0.1) is 6.92 Å². The molecule has 0 N–H and O–H groups in total. The highest BCUT2D eigenvalue weighted by Gasteiger charge is 2.13. The summed E-state index contributed by atoms with van der Waals surface area (Å²) in [6.07, 6.45) is -2.66. The van der Waals surface area contributed by atoms with E-state index >= 15 is 0 Å². The Bertz CT molecular complexity index is 200. The molecular formula is C6H10F2N2O. The fourth-order valence-corrected chi connectivity index (χ4v) is 0.402. The van der Waals surface area contributed by atoms with Crippen LogP contribution in [-0.2, 0) is 0 Å². The number of nitrogens with zero attached hydrogens (tertiary/aromatic N) is 2. The third-order valence-corrected chi connectivity index (χ3v) is 0.730. The third kappa shape index (κ3) is 3.06. The second kappa shape index (κ2) is 4.76. The van der Waals surface area contributed by atoms with Crippen molar-refractivity contribution in [2.24, 2.45) is 0 Å². The smallest absolute Gasteiger partial charge is 0.315 e. The van der Waals surface area contributed by atoms with Crippen molar-refractivity contribution in [3.63, 3.8) is 0 Å². The number of rotatable bonds is 1. The van der Waals surface area contributed by atoms with Gasteiger partial charge in [-0.15, -0.1) is 0 Å². The zero-order chi connectivity index (χ0) is 8.85. The lowest BCUT2D eigenvalue weighted by atomic mass is 10.7. The van der Waals surface area contributed by atoms with Crippen molar-refractivity contribution in [2.45, 2.75) is 27.2 Å². The molecule has 0 aromatic carbocycles. The van der Waals surface area contributed by atoms with Gasteiger partial charge >= 0.3 is 6.43 Å². The molecule has 0 unspecified atom stereocenters. The van der Waals surface area contributed by atoms with Crippen LogP contribution in [0.4, 0.5) is 8.78 Å². The van der Waals surface area contributed by atoms with Gasteiger partial charge in [0.15, 0.2) is 5.82 Å². The summed E-state index contributed by atoms with van der Waals surface area (Å²) in [6, 6.07) is 0. The largest absolute Gasteiger partial charge is 0.333 e. The summed E-state index contributed by atoms with van der Waals surface area (Å²) in [5, 5.41) is 3.17. The summed E-state index contributed by atoms with van der Waals surface area (Å²) in [5.41, 5.74) is 0. The Balaban J connectivity index is 0.000000461. The van der Waals surface area contributed by atoms with E-state index in [0.717, 1.165) is 0 Å². The van der Waals surface area contributed by atoms with Crippen molar-refractivity contribution < 1.29 is 13.3 Å². The van der Waals surface area contributed by atoms with Crippen LogP contribution in [0.15, 0.2) is 4.52 Å². The first-order chi connectivity index (χ1) is 5.20. The summed E-state index contributed by atoms with van der Waals surface area (Å²) in [5.74, 6) is -0.391. The summed E-state index contributed by atoms with van der Waals surface area (Å²) in [7, 11) is 0. The molecule has 1 heterocycles. The molecule has 0 radical (unpaired) electrons. The monoisotopic (exact) mass is 164 g/mol. The fourth-order valence-electron chi connectivity index (χ4n) is 0.402. The Hall–Kier alpha value is -1.00. The first kappa shape index (κ1) is 10.0. The minimum Gasteiger partial charge on any atom is -0.333 e.